The number of rotatable bonds is 6. The molecule has 30 heavy (non-hydrogen) atoms. The fourth-order valence-electron chi connectivity index (χ4n) is 3.11. The maximum Gasteiger partial charge on any atom is 0.254 e. The van der Waals surface area contributed by atoms with E-state index < -0.39 is 0 Å². The van der Waals surface area contributed by atoms with Crippen molar-refractivity contribution in [2.75, 3.05) is 11.9 Å². The summed E-state index contributed by atoms with van der Waals surface area (Å²) in [4.78, 5) is 30.5. The highest BCUT2D eigenvalue weighted by Crippen LogP contribution is 2.31. The maximum absolute atomic E-state index is 12.7. The number of aromatic nitrogens is 1. The second-order valence-corrected chi connectivity index (χ2v) is 8.26. The SMILES string of the molecule is Cc1ccc(Sc2ncccc2C(=O)NCC(=O)Nc2c(C)cccc2C)c(C)c1. The van der Waals surface area contributed by atoms with Crippen molar-refractivity contribution in [3.63, 3.8) is 0 Å². The molecule has 0 fully saturated rings. The predicted molar refractivity (Wildman–Crippen MR) is 121 cm³/mol. The van der Waals surface area contributed by atoms with Crippen LogP contribution in [0, 0.1) is 27.7 Å². The quantitative estimate of drug-likeness (QED) is 0.600. The lowest BCUT2D eigenvalue weighted by molar-refractivity contribution is -0.115. The van der Waals surface area contributed by atoms with Crippen LogP contribution in [0.1, 0.15) is 32.6 Å². The smallest absolute Gasteiger partial charge is 0.254 e. The molecule has 6 heteroatoms. The normalized spacial score (nSPS) is 10.5. The van der Waals surface area contributed by atoms with Gasteiger partial charge < -0.3 is 10.6 Å². The highest BCUT2D eigenvalue weighted by Gasteiger charge is 2.16. The van der Waals surface area contributed by atoms with E-state index in [9.17, 15) is 9.59 Å². The van der Waals surface area contributed by atoms with E-state index in [1.54, 1.807) is 18.3 Å². The van der Waals surface area contributed by atoms with Crippen LogP contribution in [0.3, 0.4) is 0 Å². The number of anilines is 1. The molecular formula is C24H25N3O2S. The van der Waals surface area contributed by atoms with Crippen molar-refractivity contribution in [2.45, 2.75) is 37.6 Å². The van der Waals surface area contributed by atoms with E-state index in [2.05, 4.69) is 21.7 Å². The minimum Gasteiger partial charge on any atom is -0.343 e. The van der Waals surface area contributed by atoms with Crippen LogP contribution < -0.4 is 10.6 Å². The van der Waals surface area contributed by atoms with Crippen LogP contribution in [-0.4, -0.2) is 23.3 Å². The lowest BCUT2D eigenvalue weighted by Crippen LogP contribution is -2.33. The fourth-order valence-corrected chi connectivity index (χ4v) is 4.06. The summed E-state index contributed by atoms with van der Waals surface area (Å²) in [6, 6.07) is 15.4. The first kappa shape index (κ1) is 21.6. The Balaban J connectivity index is 1.68. The third-order valence-electron chi connectivity index (χ3n) is 4.71. The number of carbonyl (C=O) groups excluding carboxylic acids is 2. The van der Waals surface area contributed by atoms with Crippen LogP contribution in [0.25, 0.3) is 0 Å². The van der Waals surface area contributed by atoms with Crippen molar-refractivity contribution in [1.82, 2.24) is 10.3 Å². The van der Waals surface area contributed by atoms with Gasteiger partial charge in [-0.05, 0) is 62.6 Å². The highest BCUT2D eigenvalue weighted by molar-refractivity contribution is 7.99. The molecule has 3 aromatic rings. The molecule has 0 aliphatic rings. The molecule has 2 aromatic carbocycles. The number of carbonyl (C=O) groups is 2. The van der Waals surface area contributed by atoms with E-state index in [0.29, 0.717) is 10.6 Å². The molecule has 5 nitrogen and oxygen atoms in total. The lowest BCUT2D eigenvalue weighted by atomic mass is 10.1. The molecule has 2 amide bonds. The maximum atomic E-state index is 12.7. The van der Waals surface area contributed by atoms with Crippen LogP contribution >= 0.6 is 11.8 Å². The minimum absolute atomic E-state index is 0.116. The van der Waals surface area contributed by atoms with Crippen LogP contribution in [0.2, 0.25) is 0 Å². The van der Waals surface area contributed by atoms with E-state index >= 15 is 0 Å². The fraction of sp³-hybridized carbons (Fsp3) is 0.208. The number of nitrogens with zero attached hydrogens (tertiary/aromatic N) is 1. The van der Waals surface area contributed by atoms with Crippen LogP contribution in [-0.2, 0) is 4.79 Å². The number of para-hydroxylation sites is 1. The van der Waals surface area contributed by atoms with Gasteiger partial charge in [0.2, 0.25) is 5.91 Å². The van der Waals surface area contributed by atoms with Crippen LogP contribution in [0.5, 0.6) is 0 Å². The monoisotopic (exact) mass is 419 g/mol. The molecule has 154 valence electrons. The molecule has 2 N–H and O–H groups in total. The third kappa shape index (κ3) is 5.27. The zero-order valence-corrected chi connectivity index (χ0v) is 18.4. The Morgan fingerprint density at radius 2 is 1.67 bits per heavy atom. The molecule has 0 aliphatic heterocycles. The molecule has 3 rings (SSSR count). The number of hydrogen-bond acceptors (Lipinski definition) is 4. The summed E-state index contributed by atoms with van der Waals surface area (Å²) in [5, 5.41) is 6.19. The summed E-state index contributed by atoms with van der Waals surface area (Å²) in [6.07, 6.45) is 1.66. The van der Waals surface area contributed by atoms with Gasteiger partial charge in [-0.3, -0.25) is 9.59 Å². The van der Waals surface area contributed by atoms with Crippen molar-refractivity contribution in [3.05, 3.63) is 82.5 Å². The summed E-state index contributed by atoms with van der Waals surface area (Å²) in [7, 11) is 0. The summed E-state index contributed by atoms with van der Waals surface area (Å²) in [5.74, 6) is -0.597. The second kappa shape index (κ2) is 9.59. The van der Waals surface area contributed by atoms with Gasteiger partial charge in [-0.25, -0.2) is 4.98 Å². The Labute approximate surface area is 181 Å². The zero-order valence-electron chi connectivity index (χ0n) is 17.6. The van der Waals surface area contributed by atoms with E-state index in [1.165, 1.54) is 17.3 Å². The third-order valence-corrected chi connectivity index (χ3v) is 5.90. The van der Waals surface area contributed by atoms with Crippen LogP contribution in [0.15, 0.2) is 64.6 Å². The topological polar surface area (TPSA) is 71.1 Å². The number of pyridine rings is 1. The van der Waals surface area contributed by atoms with Gasteiger partial charge in [0.1, 0.15) is 5.03 Å². The van der Waals surface area contributed by atoms with Crippen molar-refractivity contribution in [2.24, 2.45) is 0 Å². The average Bonchev–Trinajstić information content (AvgIpc) is 2.71. The van der Waals surface area contributed by atoms with Crippen molar-refractivity contribution < 1.29 is 9.59 Å². The summed E-state index contributed by atoms with van der Waals surface area (Å²) in [5.41, 5.74) is 5.51. The van der Waals surface area contributed by atoms with Gasteiger partial charge in [0.05, 0.1) is 12.1 Å². The van der Waals surface area contributed by atoms with Crippen molar-refractivity contribution >= 4 is 29.3 Å². The van der Waals surface area contributed by atoms with E-state index in [-0.39, 0.29) is 18.4 Å². The number of hydrogen-bond donors (Lipinski definition) is 2. The lowest BCUT2D eigenvalue weighted by Gasteiger charge is -2.13. The van der Waals surface area contributed by atoms with Crippen molar-refractivity contribution in [1.29, 1.82) is 0 Å². The predicted octanol–water partition coefficient (Wildman–Crippen LogP) is 4.83. The summed E-state index contributed by atoms with van der Waals surface area (Å²) in [6.45, 7) is 7.84. The van der Waals surface area contributed by atoms with Gasteiger partial charge in [0.15, 0.2) is 0 Å². The Hall–Kier alpha value is -3.12. The van der Waals surface area contributed by atoms with Gasteiger partial charge in [-0.15, -0.1) is 0 Å². The zero-order chi connectivity index (χ0) is 21.7. The standard InChI is InChI=1S/C24H25N3O2S/c1-15-10-11-20(18(4)13-15)30-24-19(9-6-12-25-24)23(29)26-14-21(28)27-22-16(2)7-5-8-17(22)3/h5-13H,14H2,1-4H3,(H,26,29)(H,27,28). The molecule has 1 aromatic heterocycles. The molecule has 0 aliphatic carbocycles. The first-order valence-electron chi connectivity index (χ1n) is 9.69. The number of nitrogens with one attached hydrogen (secondary N) is 2. The average molecular weight is 420 g/mol. The van der Waals surface area contributed by atoms with E-state index in [1.807, 2.05) is 58.0 Å². The molecular weight excluding hydrogens is 394 g/mol. The first-order valence-corrected chi connectivity index (χ1v) is 10.5. The largest absolute Gasteiger partial charge is 0.343 e. The first-order chi connectivity index (χ1) is 14.3. The number of aryl methyl sites for hydroxylation is 4. The Kier molecular flexibility index (Phi) is 6.90. The Morgan fingerprint density at radius 1 is 0.933 bits per heavy atom. The van der Waals surface area contributed by atoms with E-state index in [4.69, 9.17) is 0 Å². The summed E-state index contributed by atoms with van der Waals surface area (Å²) >= 11 is 1.45. The van der Waals surface area contributed by atoms with E-state index in [0.717, 1.165) is 27.3 Å². The van der Waals surface area contributed by atoms with Crippen molar-refractivity contribution in [3.8, 4) is 0 Å². The highest BCUT2D eigenvalue weighted by atomic mass is 32.2. The van der Waals surface area contributed by atoms with Gasteiger partial charge in [-0.1, -0.05) is 47.7 Å². The Morgan fingerprint density at radius 3 is 2.37 bits per heavy atom. The van der Waals surface area contributed by atoms with Gasteiger partial charge in [0.25, 0.3) is 5.91 Å². The molecule has 0 saturated carbocycles. The van der Waals surface area contributed by atoms with Gasteiger partial charge in [-0.2, -0.15) is 0 Å². The Bertz CT molecular complexity index is 1080. The van der Waals surface area contributed by atoms with Crippen LogP contribution in [0.4, 0.5) is 5.69 Å². The number of amides is 2. The van der Waals surface area contributed by atoms with Gasteiger partial charge >= 0.3 is 0 Å². The molecule has 0 bridgehead atoms. The van der Waals surface area contributed by atoms with Gasteiger partial charge in [0, 0.05) is 16.8 Å². The molecule has 0 spiro atoms. The number of benzene rings is 2. The summed E-state index contributed by atoms with van der Waals surface area (Å²) < 4.78 is 0. The molecule has 0 saturated heterocycles. The molecule has 1 heterocycles. The molecule has 0 radical (unpaired) electrons. The minimum atomic E-state index is -0.327. The molecule has 0 unspecified atom stereocenters. The molecule has 0 atom stereocenters. The second-order valence-electron chi connectivity index (χ2n) is 7.22.